The Morgan fingerprint density at radius 2 is 0.743 bits per heavy atom. The van der Waals surface area contributed by atoms with Crippen molar-refractivity contribution in [2.75, 3.05) is 23.7 Å². The summed E-state index contributed by atoms with van der Waals surface area (Å²) in [4.78, 5) is 83.0. The Labute approximate surface area is 195 Å². The number of aromatic hydroxyl groups is 2. The number of rotatable bonds is 0. The molecule has 0 bridgehead atoms. The molecule has 1 aliphatic rings. The molecule has 0 aromatic heterocycles. The van der Waals surface area contributed by atoms with Gasteiger partial charge in [-0.25, -0.2) is 0 Å². The van der Waals surface area contributed by atoms with Crippen LogP contribution in [-0.4, -0.2) is 23.3 Å². The van der Waals surface area contributed by atoms with Crippen LogP contribution in [0.5, 0.6) is 11.5 Å². The quantitative estimate of drug-likeness (QED) is 0.200. The molecule has 0 fully saturated rings. The Balaban J connectivity index is 0.000000167. The molecule has 184 valence electrons. The second kappa shape index (κ2) is 10.2. The number of fused-ring (bicyclic) bond motifs is 1. The highest BCUT2D eigenvalue weighted by atomic mass is 16.3. The normalized spacial score (nSPS) is 12.1. The molecule has 0 saturated carbocycles. The predicted octanol–water partition coefficient (Wildman–Crippen LogP) is -2.00. The monoisotopic (exact) mass is 486 g/mol. The van der Waals surface area contributed by atoms with Crippen LogP contribution in [0, 0.1) is 27.7 Å². The zero-order valence-corrected chi connectivity index (χ0v) is 19.3. The van der Waals surface area contributed by atoms with Crippen molar-refractivity contribution in [2.24, 2.45) is 0 Å². The summed E-state index contributed by atoms with van der Waals surface area (Å²) in [7, 11) is 0. The Kier molecular flexibility index (Phi) is 7.80. The first-order valence-corrected chi connectivity index (χ1v) is 10.3. The van der Waals surface area contributed by atoms with Crippen LogP contribution in [0.15, 0.2) is 38.4 Å². The predicted molar refractivity (Wildman–Crippen MR) is 129 cm³/mol. The second-order valence-corrected chi connectivity index (χ2v) is 7.79. The number of hydrogen-bond donors (Lipinski definition) is 4. The summed E-state index contributed by atoms with van der Waals surface area (Å²) < 4.78 is 0. The Bertz CT molecular complexity index is 1420. The highest BCUT2D eigenvalue weighted by Crippen LogP contribution is 2.15. The van der Waals surface area contributed by atoms with E-state index in [1.54, 1.807) is 13.8 Å². The maximum atomic E-state index is 10.8. The van der Waals surface area contributed by atoms with Crippen molar-refractivity contribution in [1.82, 2.24) is 0 Å². The third-order valence-corrected chi connectivity index (χ3v) is 5.55. The van der Waals surface area contributed by atoms with E-state index in [1.165, 1.54) is 13.8 Å². The van der Waals surface area contributed by atoms with Gasteiger partial charge in [-0.3, -0.25) is 38.4 Å². The molecule has 1 aliphatic heterocycles. The zero-order chi connectivity index (χ0) is 26.8. The van der Waals surface area contributed by atoms with Crippen LogP contribution < -0.4 is 54.1 Å². The van der Waals surface area contributed by atoms with Crippen molar-refractivity contribution >= 4 is 11.4 Å². The fourth-order valence-electron chi connectivity index (χ4n) is 2.85. The molecular formula is C23H22N2O10. The summed E-state index contributed by atoms with van der Waals surface area (Å²) >= 11 is 0. The average molecular weight is 486 g/mol. The van der Waals surface area contributed by atoms with E-state index in [-0.39, 0.29) is 44.3 Å². The fourth-order valence-corrected chi connectivity index (χ4v) is 2.85. The number of nitrogens with one attached hydrogen (secondary N) is 2. The van der Waals surface area contributed by atoms with Crippen LogP contribution in [0.4, 0.5) is 11.4 Å². The molecule has 4 aromatic carbocycles. The van der Waals surface area contributed by atoms with Gasteiger partial charge in [0.05, 0.1) is 0 Å². The van der Waals surface area contributed by atoms with Crippen molar-refractivity contribution in [3.05, 3.63) is 104 Å². The number of hydrogen-bond acceptors (Lipinski definition) is 12. The molecule has 4 N–H and O–H groups in total. The second-order valence-electron chi connectivity index (χ2n) is 7.79. The fraction of sp³-hybridized carbons (Fsp3) is 0.304. The van der Waals surface area contributed by atoms with Gasteiger partial charge in [-0.1, -0.05) is 0 Å². The van der Waals surface area contributed by atoms with Gasteiger partial charge in [0.15, 0.2) is 11.5 Å². The third-order valence-electron chi connectivity index (χ3n) is 5.55. The Morgan fingerprint density at radius 1 is 0.457 bits per heavy atom. The summed E-state index contributed by atoms with van der Waals surface area (Å²) in [5.41, 5.74) is -1.50. The van der Waals surface area contributed by atoms with Gasteiger partial charge in [0.1, 0.15) is 11.4 Å². The minimum absolute atomic E-state index is 0.176. The van der Waals surface area contributed by atoms with Crippen LogP contribution in [-0.2, 0) is 0 Å². The molecule has 0 aliphatic carbocycles. The minimum atomic E-state index is -0.762. The summed E-state index contributed by atoms with van der Waals surface area (Å²) in [5.74, 6) is -0.759. The van der Waals surface area contributed by atoms with Crippen molar-refractivity contribution in [2.45, 2.75) is 34.1 Å². The van der Waals surface area contributed by atoms with Crippen LogP contribution >= 0.6 is 0 Å². The molecule has 1 heterocycles. The largest absolute Gasteiger partial charge is 0.504 e. The first-order chi connectivity index (χ1) is 16.2. The molecule has 0 atom stereocenters. The molecular weight excluding hydrogens is 464 g/mol. The van der Waals surface area contributed by atoms with Crippen LogP contribution in [0.1, 0.15) is 28.7 Å². The smallest absolute Gasteiger partial charge is 0.267 e. The average Bonchev–Trinajstić information content (AvgIpc) is 3.13. The van der Waals surface area contributed by atoms with Gasteiger partial charge in [0.2, 0.25) is 21.7 Å². The molecule has 0 spiro atoms. The van der Waals surface area contributed by atoms with E-state index in [2.05, 4.69) is 10.6 Å². The number of anilines is 2. The van der Waals surface area contributed by atoms with Crippen molar-refractivity contribution in [3.63, 3.8) is 0 Å². The summed E-state index contributed by atoms with van der Waals surface area (Å²) in [5, 5.41) is 22.7. The molecule has 0 saturated heterocycles. The summed E-state index contributed by atoms with van der Waals surface area (Å²) in [6.07, 6.45) is 0.938. The molecule has 12 nitrogen and oxygen atoms in total. The molecule has 5 rings (SSSR count). The standard InChI is InChI=1S/C7H8N2O2.C6H6O2.2C5H4O3/c10-6-4-5(7(6)11)9-3-1-2-8-4;1-3-4(2)6(8)5(3)7;2*1-2-3(6)5(8)4(2)7/h8-9H,1-3H2;1-2H3;2*6H,1H3. The van der Waals surface area contributed by atoms with Crippen molar-refractivity contribution in [3.8, 4) is 11.5 Å². The van der Waals surface area contributed by atoms with Crippen LogP contribution in [0.2, 0.25) is 0 Å². The molecule has 35 heavy (non-hydrogen) atoms. The van der Waals surface area contributed by atoms with E-state index in [9.17, 15) is 38.4 Å². The molecule has 12 heteroatoms. The highest BCUT2D eigenvalue weighted by Gasteiger charge is 2.21. The van der Waals surface area contributed by atoms with Crippen molar-refractivity contribution < 1.29 is 10.2 Å². The van der Waals surface area contributed by atoms with Gasteiger partial charge >= 0.3 is 0 Å². The minimum Gasteiger partial charge on any atom is -0.504 e. The van der Waals surface area contributed by atoms with Crippen LogP contribution in [0.25, 0.3) is 0 Å². The lowest BCUT2D eigenvalue weighted by Crippen LogP contribution is -2.36. The van der Waals surface area contributed by atoms with E-state index < -0.39 is 21.7 Å². The maximum absolute atomic E-state index is 10.8. The van der Waals surface area contributed by atoms with E-state index in [0.29, 0.717) is 22.5 Å². The lowest BCUT2D eigenvalue weighted by Gasteiger charge is -2.07. The summed E-state index contributed by atoms with van der Waals surface area (Å²) in [6.45, 7) is 7.70. The molecule has 0 amide bonds. The van der Waals surface area contributed by atoms with Gasteiger partial charge in [0.25, 0.3) is 21.7 Å². The van der Waals surface area contributed by atoms with Gasteiger partial charge in [-0.2, -0.15) is 0 Å². The van der Waals surface area contributed by atoms with Gasteiger partial charge in [-0.05, 0) is 34.1 Å². The molecule has 0 unspecified atom stereocenters. The molecule has 4 aromatic rings. The lowest BCUT2D eigenvalue weighted by molar-refractivity contribution is 0.457. The summed E-state index contributed by atoms with van der Waals surface area (Å²) in [6, 6.07) is 0. The van der Waals surface area contributed by atoms with E-state index in [4.69, 9.17) is 10.2 Å². The zero-order valence-electron chi connectivity index (χ0n) is 19.3. The Hall–Kier alpha value is -4.48. The van der Waals surface area contributed by atoms with Gasteiger partial charge in [-0.15, -0.1) is 0 Å². The van der Waals surface area contributed by atoms with Gasteiger partial charge in [0, 0.05) is 35.3 Å². The third kappa shape index (κ3) is 4.90. The molecule has 0 radical (unpaired) electrons. The van der Waals surface area contributed by atoms with Crippen LogP contribution in [0.3, 0.4) is 0 Å². The topological polar surface area (TPSA) is 201 Å². The maximum Gasteiger partial charge on any atom is 0.267 e. The van der Waals surface area contributed by atoms with Crippen molar-refractivity contribution in [1.29, 1.82) is 0 Å². The highest BCUT2D eigenvalue weighted by molar-refractivity contribution is 5.74. The van der Waals surface area contributed by atoms with E-state index in [0.717, 1.165) is 19.5 Å². The first-order valence-electron chi connectivity index (χ1n) is 10.3. The lowest BCUT2D eigenvalue weighted by atomic mass is 10.1. The SMILES string of the molecule is Cc1c(C)c(=O)c1=O.Cc1c(O)c(=O)c1=O.Cc1c(O)c(=O)c1=O.O=c1c2c(c1=O)NCCCN2. The first kappa shape index (κ1) is 26.8. The van der Waals surface area contributed by atoms with E-state index >= 15 is 0 Å². The Morgan fingerprint density at radius 3 is 0.943 bits per heavy atom. The van der Waals surface area contributed by atoms with E-state index in [1.807, 2.05) is 0 Å². The van der Waals surface area contributed by atoms with Gasteiger partial charge < -0.3 is 20.8 Å².